The highest BCUT2D eigenvalue weighted by Crippen LogP contribution is 2.42. The summed E-state index contributed by atoms with van der Waals surface area (Å²) in [5.74, 6) is -0.553. The summed E-state index contributed by atoms with van der Waals surface area (Å²) in [6.07, 6.45) is 2.02. The fourth-order valence-electron chi connectivity index (χ4n) is 2.66. The molecule has 0 aliphatic carbocycles. The lowest BCUT2D eigenvalue weighted by molar-refractivity contribution is -0.123. The molecule has 0 saturated carbocycles. The molecule has 24 heavy (non-hydrogen) atoms. The number of allylic oxidation sites excluding steroid dienone is 1. The first-order valence-corrected chi connectivity index (χ1v) is 8.76. The summed E-state index contributed by atoms with van der Waals surface area (Å²) in [6, 6.07) is 11.5. The van der Waals surface area contributed by atoms with Gasteiger partial charge in [0, 0.05) is 5.56 Å². The monoisotopic (exact) mass is 341 g/mol. The van der Waals surface area contributed by atoms with Crippen molar-refractivity contribution in [2.24, 2.45) is 5.92 Å². The Bertz CT molecular complexity index is 731. The highest BCUT2D eigenvalue weighted by Gasteiger charge is 2.40. The number of carbonyl (C=O) groups excluding carboxylic acids is 1. The maximum absolute atomic E-state index is 12.4. The minimum absolute atomic E-state index is 0.369. The normalized spacial score (nSPS) is 20.1. The van der Waals surface area contributed by atoms with Gasteiger partial charge in [0.15, 0.2) is 0 Å². The van der Waals surface area contributed by atoms with Crippen molar-refractivity contribution in [3.05, 3.63) is 40.4 Å². The van der Waals surface area contributed by atoms with Crippen LogP contribution in [-0.4, -0.2) is 18.8 Å². The molecule has 1 amide bonds. The minimum Gasteiger partial charge on any atom is -0.496 e. The van der Waals surface area contributed by atoms with E-state index >= 15 is 0 Å². The topological polar surface area (TPSA) is 85.9 Å². The lowest BCUT2D eigenvalue weighted by atomic mass is 9.79. The van der Waals surface area contributed by atoms with Gasteiger partial charge in [-0.3, -0.25) is 4.79 Å². The Balaban J connectivity index is 2.54. The van der Waals surface area contributed by atoms with Gasteiger partial charge >= 0.3 is 0 Å². The molecule has 1 aliphatic heterocycles. The first-order valence-electron chi connectivity index (χ1n) is 7.78. The largest absolute Gasteiger partial charge is 0.496 e. The number of rotatable bonds is 6. The molecule has 2 atom stereocenters. The first-order chi connectivity index (χ1) is 11.7. The zero-order chi connectivity index (χ0) is 17.5. The number of hydrogen-bond donors (Lipinski definition) is 1. The second-order valence-corrected chi connectivity index (χ2v) is 6.48. The van der Waals surface area contributed by atoms with Gasteiger partial charge in [-0.1, -0.05) is 31.5 Å². The van der Waals surface area contributed by atoms with Crippen LogP contribution in [0, 0.1) is 28.6 Å². The molecule has 0 bridgehead atoms. The zero-order valence-electron chi connectivity index (χ0n) is 13.7. The Morgan fingerprint density at radius 1 is 1.33 bits per heavy atom. The molecular weight excluding hydrogens is 322 g/mol. The van der Waals surface area contributed by atoms with Gasteiger partial charge in [-0.15, -0.1) is 11.8 Å². The second kappa shape index (κ2) is 8.42. The lowest BCUT2D eigenvalue weighted by Crippen LogP contribution is -2.39. The summed E-state index contributed by atoms with van der Waals surface area (Å²) >= 11 is 1.46. The summed E-state index contributed by atoms with van der Waals surface area (Å²) < 4.78 is 5.37. The molecule has 1 aliphatic rings. The van der Waals surface area contributed by atoms with Crippen LogP contribution >= 0.6 is 11.8 Å². The Labute approximate surface area is 146 Å². The number of thioether (sulfide) groups is 1. The Morgan fingerprint density at radius 2 is 2.08 bits per heavy atom. The van der Waals surface area contributed by atoms with Crippen LogP contribution in [-0.2, 0) is 4.79 Å². The van der Waals surface area contributed by atoms with Crippen molar-refractivity contribution in [2.45, 2.75) is 25.7 Å². The van der Waals surface area contributed by atoms with E-state index in [9.17, 15) is 15.3 Å². The average Bonchev–Trinajstić information content (AvgIpc) is 2.61. The van der Waals surface area contributed by atoms with Gasteiger partial charge in [0.1, 0.15) is 11.7 Å². The van der Waals surface area contributed by atoms with Crippen LogP contribution in [0.3, 0.4) is 0 Å². The number of nitriles is 2. The van der Waals surface area contributed by atoms with Gasteiger partial charge in [-0.05, 0) is 18.2 Å². The first kappa shape index (κ1) is 17.9. The van der Waals surface area contributed by atoms with E-state index in [0.717, 1.165) is 18.6 Å². The van der Waals surface area contributed by atoms with Crippen molar-refractivity contribution in [1.82, 2.24) is 5.32 Å². The molecule has 1 heterocycles. The number of amides is 1. The van der Waals surface area contributed by atoms with Gasteiger partial charge in [0.05, 0.1) is 35.8 Å². The van der Waals surface area contributed by atoms with Gasteiger partial charge in [0.25, 0.3) is 0 Å². The third-order valence-electron chi connectivity index (χ3n) is 3.89. The predicted octanol–water partition coefficient (Wildman–Crippen LogP) is 3.32. The summed E-state index contributed by atoms with van der Waals surface area (Å²) in [5, 5.41) is 22.5. The van der Waals surface area contributed by atoms with Crippen molar-refractivity contribution >= 4 is 17.7 Å². The zero-order valence-corrected chi connectivity index (χ0v) is 14.5. The number of ether oxygens (including phenoxy) is 1. The van der Waals surface area contributed by atoms with Crippen LogP contribution in [0.2, 0.25) is 0 Å². The van der Waals surface area contributed by atoms with Gasteiger partial charge in [-0.25, -0.2) is 0 Å². The number of benzene rings is 1. The van der Waals surface area contributed by atoms with Crippen LogP contribution in [0.1, 0.15) is 31.2 Å². The summed E-state index contributed by atoms with van der Waals surface area (Å²) in [5.41, 5.74) is 1.11. The molecule has 1 aromatic rings. The standard InChI is InChI=1S/C18H19N3O2S/c1-3-4-9-24-18-14(11-20)16(13(10-19)17(22)21-18)12-7-5-6-8-15(12)23-2/h5-8,13,16H,3-4,9H2,1-2H3,(H,21,22). The van der Waals surface area contributed by atoms with E-state index in [4.69, 9.17) is 4.74 Å². The van der Waals surface area contributed by atoms with Gasteiger partial charge in [0.2, 0.25) is 5.91 Å². The van der Waals surface area contributed by atoms with Gasteiger partial charge < -0.3 is 10.1 Å². The SMILES string of the molecule is CCCCSC1=C(C#N)C(c2ccccc2OC)C(C#N)C(=O)N1. The van der Waals surface area contributed by atoms with Crippen molar-refractivity contribution in [1.29, 1.82) is 10.5 Å². The molecule has 1 N–H and O–H groups in total. The van der Waals surface area contributed by atoms with Crippen molar-refractivity contribution < 1.29 is 9.53 Å². The molecule has 0 radical (unpaired) electrons. The van der Waals surface area contributed by atoms with Crippen LogP contribution in [0.15, 0.2) is 34.9 Å². The fourth-order valence-corrected chi connectivity index (χ4v) is 3.80. The predicted molar refractivity (Wildman–Crippen MR) is 93.0 cm³/mol. The molecule has 6 heteroatoms. The Kier molecular flexibility index (Phi) is 6.28. The van der Waals surface area contributed by atoms with Crippen LogP contribution in [0.4, 0.5) is 0 Å². The minimum atomic E-state index is -0.952. The third-order valence-corrected chi connectivity index (χ3v) is 4.99. The quantitative estimate of drug-likeness (QED) is 0.802. The molecular formula is C18H19N3O2S. The van der Waals surface area contributed by atoms with E-state index in [1.54, 1.807) is 12.1 Å². The van der Waals surface area contributed by atoms with Crippen molar-refractivity contribution in [3.63, 3.8) is 0 Å². The molecule has 0 aromatic heterocycles. The van der Waals surface area contributed by atoms with E-state index in [1.807, 2.05) is 18.2 Å². The smallest absolute Gasteiger partial charge is 0.243 e. The van der Waals surface area contributed by atoms with Crippen LogP contribution in [0.5, 0.6) is 5.75 Å². The molecule has 0 saturated heterocycles. The number of methoxy groups -OCH3 is 1. The van der Waals surface area contributed by atoms with E-state index in [1.165, 1.54) is 18.9 Å². The number of carbonyl (C=O) groups is 1. The Morgan fingerprint density at radius 3 is 2.71 bits per heavy atom. The van der Waals surface area contributed by atoms with E-state index in [0.29, 0.717) is 21.9 Å². The molecule has 1 aromatic carbocycles. The molecule has 0 spiro atoms. The maximum Gasteiger partial charge on any atom is 0.243 e. The molecule has 124 valence electrons. The summed E-state index contributed by atoms with van der Waals surface area (Å²) in [6.45, 7) is 2.09. The number of nitrogens with one attached hydrogen (secondary N) is 1. The van der Waals surface area contributed by atoms with Crippen molar-refractivity contribution in [2.75, 3.05) is 12.9 Å². The maximum atomic E-state index is 12.4. The van der Waals surface area contributed by atoms with Gasteiger partial charge in [-0.2, -0.15) is 10.5 Å². The number of nitrogens with zero attached hydrogens (tertiary/aromatic N) is 2. The lowest BCUT2D eigenvalue weighted by Gasteiger charge is -2.29. The Hall–Kier alpha value is -2.44. The highest BCUT2D eigenvalue weighted by molar-refractivity contribution is 8.03. The molecule has 2 rings (SSSR count). The second-order valence-electron chi connectivity index (χ2n) is 5.37. The van der Waals surface area contributed by atoms with E-state index in [2.05, 4.69) is 18.3 Å². The molecule has 0 fully saturated rings. The third kappa shape index (κ3) is 3.55. The average molecular weight is 341 g/mol. The van der Waals surface area contributed by atoms with Crippen LogP contribution in [0.25, 0.3) is 0 Å². The molecule has 5 nitrogen and oxygen atoms in total. The highest BCUT2D eigenvalue weighted by atomic mass is 32.2. The number of hydrogen-bond acceptors (Lipinski definition) is 5. The van der Waals surface area contributed by atoms with Crippen molar-refractivity contribution in [3.8, 4) is 17.9 Å². The fraction of sp³-hybridized carbons (Fsp3) is 0.389. The molecule has 2 unspecified atom stereocenters. The van der Waals surface area contributed by atoms with E-state index < -0.39 is 11.8 Å². The summed E-state index contributed by atoms with van der Waals surface area (Å²) in [7, 11) is 1.54. The number of para-hydroxylation sites is 1. The van der Waals surface area contributed by atoms with Crippen LogP contribution < -0.4 is 10.1 Å². The number of unbranched alkanes of at least 4 members (excludes halogenated alkanes) is 1. The van der Waals surface area contributed by atoms with E-state index in [-0.39, 0.29) is 5.91 Å². The summed E-state index contributed by atoms with van der Waals surface area (Å²) in [4.78, 5) is 12.4.